The lowest BCUT2D eigenvalue weighted by Crippen LogP contribution is -2.46. The molecule has 0 saturated carbocycles. The molecule has 29 heavy (non-hydrogen) atoms. The van der Waals surface area contributed by atoms with Crippen LogP contribution in [0, 0.1) is 11.3 Å². The van der Waals surface area contributed by atoms with Crippen LogP contribution in [0.2, 0.25) is 0 Å². The fourth-order valence-corrected chi connectivity index (χ4v) is 4.55. The highest BCUT2D eigenvalue weighted by Gasteiger charge is 2.43. The minimum atomic E-state index is -0.0889. The van der Waals surface area contributed by atoms with Gasteiger partial charge in [-0.25, -0.2) is 0 Å². The Labute approximate surface area is 178 Å². The SMILES string of the molecule is CCC(=O)N(CC[C@]1(C(C)C)CCOC(C)(C)C1)Cc1ccc(OC(C)C)cc1. The van der Waals surface area contributed by atoms with Crippen LogP contribution >= 0.6 is 0 Å². The van der Waals surface area contributed by atoms with Crippen LogP contribution in [-0.4, -0.2) is 35.7 Å². The number of nitrogens with zero attached hydrogens (tertiary/aromatic N) is 1. The van der Waals surface area contributed by atoms with E-state index in [1.165, 1.54) is 0 Å². The summed E-state index contributed by atoms with van der Waals surface area (Å²) in [6.45, 7) is 17.3. The van der Waals surface area contributed by atoms with Crippen LogP contribution in [-0.2, 0) is 16.1 Å². The quantitative estimate of drug-likeness (QED) is 0.520. The van der Waals surface area contributed by atoms with Crippen LogP contribution in [0.4, 0.5) is 0 Å². The summed E-state index contributed by atoms with van der Waals surface area (Å²) in [5.41, 5.74) is 1.28. The Balaban J connectivity index is 2.09. The standard InChI is InChI=1S/C25H41NO3/c1-8-23(27)26(17-21-9-11-22(12-10-21)29-20(4)5)15-13-25(19(2)3)14-16-28-24(6,7)18-25/h9-12,19-20H,8,13-18H2,1-7H3/t25-/m0/s1. The first-order chi connectivity index (χ1) is 13.6. The molecule has 1 heterocycles. The summed E-state index contributed by atoms with van der Waals surface area (Å²) < 4.78 is 11.7. The molecule has 1 amide bonds. The molecule has 1 atom stereocenters. The molecule has 0 aliphatic carbocycles. The highest BCUT2D eigenvalue weighted by molar-refractivity contribution is 5.75. The summed E-state index contributed by atoms with van der Waals surface area (Å²) in [7, 11) is 0. The third-order valence-electron chi connectivity index (χ3n) is 6.30. The molecule has 4 heteroatoms. The first-order valence-corrected chi connectivity index (χ1v) is 11.2. The molecular weight excluding hydrogens is 362 g/mol. The van der Waals surface area contributed by atoms with Crippen LogP contribution in [0.1, 0.15) is 79.7 Å². The summed E-state index contributed by atoms with van der Waals surface area (Å²) in [4.78, 5) is 14.7. The Bertz CT molecular complexity index is 651. The van der Waals surface area contributed by atoms with Gasteiger partial charge < -0.3 is 14.4 Å². The van der Waals surface area contributed by atoms with Gasteiger partial charge in [-0.1, -0.05) is 32.9 Å². The van der Waals surface area contributed by atoms with Crippen LogP contribution in [0.15, 0.2) is 24.3 Å². The van der Waals surface area contributed by atoms with Gasteiger partial charge in [0.1, 0.15) is 5.75 Å². The second kappa shape index (κ2) is 9.97. The van der Waals surface area contributed by atoms with Gasteiger partial charge in [-0.15, -0.1) is 0 Å². The van der Waals surface area contributed by atoms with Crippen molar-refractivity contribution in [3.8, 4) is 5.75 Å². The molecule has 0 radical (unpaired) electrons. The summed E-state index contributed by atoms with van der Waals surface area (Å²) >= 11 is 0. The second-order valence-electron chi connectivity index (χ2n) is 9.78. The molecule has 0 aromatic heterocycles. The zero-order valence-corrected chi connectivity index (χ0v) is 19.6. The third kappa shape index (κ3) is 6.74. The van der Waals surface area contributed by atoms with E-state index in [0.29, 0.717) is 18.9 Å². The number of ether oxygens (including phenoxy) is 2. The molecule has 1 fully saturated rings. The number of rotatable bonds is 9. The van der Waals surface area contributed by atoms with Gasteiger partial charge in [0.2, 0.25) is 5.91 Å². The van der Waals surface area contributed by atoms with Gasteiger partial charge >= 0.3 is 0 Å². The van der Waals surface area contributed by atoms with Crippen molar-refractivity contribution in [2.75, 3.05) is 13.2 Å². The third-order valence-corrected chi connectivity index (χ3v) is 6.30. The molecule has 1 aromatic rings. The Morgan fingerprint density at radius 2 is 1.83 bits per heavy atom. The maximum Gasteiger partial charge on any atom is 0.222 e. The lowest BCUT2D eigenvalue weighted by atomic mass is 9.65. The number of carbonyl (C=O) groups is 1. The van der Waals surface area contributed by atoms with E-state index in [0.717, 1.165) is 43.7 Å². The van der Waals surface area contributed by atoms with E-state index in [-0.39, 0.29) is 23.0 Å². The summed E-state index contributed by atoms with van der Waals surface area (Å²) in [5.74, 6) is 1.66. The Morgan fingerprint density at radius 1 is 1.17 bits per heavy atom. The lowest BCUT2D eigenvalue weighted by molar-refractivity contribution is -0.135. The number of hydrogen-bond donors (Lipinski definition) is 0. The van der Waals surface area contributed by atoms with Crippen LogP contribution in [0.3, 0.4) is 0 Å². The van der Waals surface area contributed by atoms with Crippen molar-refractivity contribution in [1.82, 2.24) is 4.90 Å². The molecular formula is C25H41NO3. The molecule has 0 spiro atoms. The van der Waals surface area contributed by atoms with Crippen molar-refractivity contribution < 1.29 is 14.3 Å². The van der Waals surface area contributed by atoms with Crippen LogP contribution in [0.5, 0.6) is 5.75 Å². The predicted octanol–water partition coefficient (Wildman–Crippen LogP) is 5.83. The normalized spacial score (nSPS) is 21.4. The first kappa shape index (κ1) is 23.7. The van der Waals surface area contributed by atoms with E-state index in [9.17, 15) is 4.79 Å². The van der Waals surface area contributed by atoms with E-state index in [1.54, 1.807) is 0 Å². The second-order valence-corrected chi connectivity index (χ2v) is 9.78. The number of carbonyl (C=O) groups excluding carboxylic acids is 1. The molecule has 2 rings (SSSR count). The smallest absolute Gasteiger partial charge is 0.222 e. The van der Waals surface area contributed by atoms with Crippen molar-refractivity contribution in [2.45, 2.75) is 92.4 Å². The van der Waals surface area contributed by atoms with E-state index < -0.39 is 0 Å². The zero-order chi connectivity index (χ0) is 21.7. The summed E-state index contributed by atoms with van der Waals surface area (Å²) in [6.07, 6.45) is 3.85. The topological polar surface area (TPSA) is 38.8 Å². The van der Waals surface area contributed by atoms with E-state index in [2.05, 4.69) is 39.8 Å². The minimum absolute atomic E-state index is 0.0889. The largest absolute Gasteiger partial charge is 0.491 e. The van der Waals surface area contributed by atoms with Gasteiger partial charge in [-0.05, 0) is 76.0 Å². The van der Waals surface area contributed by atoms with Crippen LogP contribution in [0.25, 0.3) is 0 Å². The molecule has 1 aliphatic rings. The van der Waals surface area contributed by atoms with Gasteiger partial charge in [0.25, 0.3) is 0 Å². The van der Waals surface area contributed by atoms with Gasteiger partial charge in [-0.3, -0.25) is 4.79 Å². The maximum atomic E-state index is 12.7. The molecule has 164 valence electrons. The number of benzene rings is 1. The molecule has 0 N–H and O–H groups in total. The number of amides is 1. The fraction of sp³-hybridized carbons (Fsp3) is 0.720. The highest BCUT2D eigenvalue weighted by atomic mass is 16.5. The maximum absolute atomic E-state index is 12.7. The average molecular weight is 404 g/mol. The molecule has 1 aliphatic heterocycles. The van der Waals surface area contributed by atoms with Gasteiger partial charge in [0.15, 0.2) is 0 Å². The van der Waals surface area contributed by atoms with E-state index in [4.69, 9.17) is 9.47 Å². The van der Waals surface area contributed by atoms with Crippen molar-refractivity contribution in [1.29, 1.82) is 0 Å². The molecule has 1 aromatic carbocycles. The first-order valence-electron chi connectivity index (χ1n) is 11.2. The van der Waals surface area contributed by atoms with E-state index in [1.807, 2.05) is 37.8 Å². The van der Waals surface area contributed by atoms with Crippen molar-refractivity contribution in [3.05, 3.63) is 29.8 Å². The summed E-state index contributed by atoms with van der Waals surface area (Å²) in [6, 6.07) is 8.15. The zero-order valence-electron chi connectivity index (χ0n) is 19.6. The predicted molar refractivity (Wildman–Crippen MR) is 119 cm³/mol. The van der Waals surface area contributed by atoms with Gasteiger partial charge in [0, 0.05) is 26.1 Å². The van der Waals surface area contributed by atoms with Crippen molar-refractivity contribution >= 4 is 5.91 Å². The molecule has 1 saturated heterocycles. The van der Waals surface area contributed by atoms with Gasteiger partial charge in [-0.2, -0.15) is 0 Å². The molecule has 0 unspecified atom stereocenters. The van der Waals surface area contributed by atoms with Crippen molar-refractivity contribution in [3.63, 3.8) is 0 Å². The van der Waals surface area contributed by atoms with Crippen molar-refractivity contribution in [2.24, 2.45) is 11.3 Å². The van der Waals surface area contributed by atoms with Crippen LogP contribution < -0.4 is 4.74 Å². The Hall–Kier alpha value is -1.55. The van der Waals surface area contributed by atoms with Gasteiger partial charge in [0.05, 0.1) is 11.7 Å². The fourth-order valence-electron chi connectivity index (χ4n) is 4.55. The minimum Gasteiger partial charge on any atom is -0.491 e. The van der Waals surface area contributed by atoms with E-state index >= 15 is 0 Å². The Morgan fingerprint density at radius 3 is 2.34 bits per heavy atom. The molecule has 0 bridgehead atoms. The lowest BCUT2D eigenvalue weighted by Gasteiger charge is -2.48. The monoisotopic (exact) mass is 403 g/mol. The number of hydrogen-bond acceptors (Lipinski definition) is 3. The summed E-state index contributed by atoms with van der Waals surface area (Å²) in [5, 5.41) is 0. The molecule has 4 nitrogen and oxygen atoms in total. The average Bonchev–Trinajstić information content (AvgIpc) is 2.64. The highest BCUT2D eigenvalue weighted by Crippen LogP contribution is 2.47. The Kier molecular flexibility index (Phi) is 8.16.